The summed E-state index contributed by atoms with van der Waals surface area (Å²) in [5.41, 5.74) is 1.97. The van der Waals surface area contributed by atoms with Crippen LogP contribution in [0.3, 0.4) is 0 Å². The number of methoxy groups -OCH3 is 2. The lowest BCUT2D eigenvalue weighted by atomic mass is 10.1. The van der Waals surface area contributed by atoms with Crippen molar-refractivity contribution in [3.8, 4) is 11.5 Å². The van der Waals surface area contributed by atoms with Crippen molar-refractivity contribution in [2.24, 2.45) is 4.99 Å². The summed E-state index contributed by atoms with van der Waals surface area (Å²) in [6.07, 6.45) is 0. The van der Waals surface area contributed by atoms with E-state index in [1.165, 1.54) is 0 Å². The Bertz CT molecular complexity index is 701. The molecule has 0 saturated heterocycles. The van der Waals surface area contributed by atoms with Crippen LogP contribution in [-0.4, -0.2) is 26.7 Å². The predicted octanol–water partition coefficient (Wildman–Crippen LogP) is 3.98. The minimum absolute atomic E-state index is 0.0142. The molecule has 1 heterocycles. The quantitative estimate of drug-likeness (QED) is 0.826. The number of benzene rings is 2. The van der Waals surface area contributed by atoms with Crippen LogP contribution in [0.5, 0.6) is 11.5 Å². The van der Waals surface area contributed by atoms with Crippen LogP contribution < -0.4 is 9.47 Å². The molecule has 0 bridgehead atoms. The SMILES string of the molecule is COc1cc(OC)c(Br)c(C2=N[C@H](c3ccccc3)CO2)c1. The fourth-order valence-corrected chi connectivity index (χ4v) is 2.92. The van der Waals surface area contributed by atoms with Crippen molar-refractivity contribution >= 4 is 21.8 Å². The molecule has 0 aromatic heterocycles. The van der Waals surface area contributed by atoms with Crippen molar-refractivity contribution in [1.29, 1.82) is 0 Å². The Hall–Kier alpha value is -2.01. The number of hydrogen-bond acceptors (Lipinski definition) is 4. The van der Waals surface area contributed by atoms with Crippen molar-refractivity contribution in [1.82, 2.24) is 0 Å². The maximum atomic E-state index is 5.79. The van der Waals surface area contributed by atoms with Crippen molar-refractivity contribution in [3.05, 3.63) is 58.1 Å². The van der Waals surface area contributed by atoms with E-state index < -0.39 is 0 Å². The van der Waals surface area contributed by atoms with E-state index in [1.54, 1.807) is 14.2 Å². The summed E-state index contributed by atoms with van der Waals surface area (Å²) >= 11 is 3.55. The smallest absolute Gasteiger partial charge is 0.218 e. The van der Waals surface area contributed by atoms with Crippen LogP contribution in [0.25, 0.3) is 0 Å². The molecule has 3 rings (SSSR count). The molecule has 0 N–H and O–H groups in total. The second-order valence-electron chi connectivity index (χ2n) is 4.86. The van der Waals surface area contributed by atoms with Gasteiger partial charge in [0, 0.05) is 6.07 Å². The van der Waals surface area contributed by atoms with Gasteiger partial charge in [-0.1, -0.05) is 30.3 Å². The number of nitrogens with zero attached hydrogens (tertiary/aromatic N) is 1. The highest BCUT2D eigenvalue weighted by atomic mass is 79.9. The highest BCUT2D eigenvalue weighted by molar-refractivity contribution is 9.10. The average Bonchev–Trinajstić information content (AvgIpc) is 3.05. The summed E-state index contributed by atoms with van der Waals surface area (Å²) in [4.78, 5) is 4.69. The minimum Gasteiger partial charge on any atom is -0.497 e. The molecule has 2 aromatic carbocycles. The van der Waals surface area contributed by atoms with Crippen molar-refractivity contribution < 1.29 is 14.2 Å². The van der Waals surface area contributed by atoms with Crippen LogP contribution in [0.15, 0.2) is 51.9 Å². The number of rotatable bonds is 4. The Morgan fingerprint density at radius 3 is 2.59 bits per heavy atom. The van der Waals surface area contributed by atoms with Crippen LogP contribution in [0, 0.1) is 0 Å². The van der Waals surface area contributed by atoms with E-state index in [4.69, 9.17) is 19.2 Å². The summed E-state index contributed by atoms with van der Waals surface area (Å²) in [5, 5.41) is 0. The van der Waals surface area contributed by atoms with Gasteiger partial charge in [0.2, 0.25) is 5.90 Å². The van der Waals surface area contributed by atoms with Gasteiger partial charge in [0.15, 0.2) is 0 Å². The summed E-state index contributed by atoms with van der Waals surface area (Å²) in [6, 6.07) is 13.8. The van der Waals surface area contributed by atoms with Crippen molar-refractivity contribution in [2.75, 3.05) is 20.8 Å². The third-order valence-corrected chi connectivity index (χ3v) is 4.35. The zero-order valence-corrected chi connectivity index (χ0v) is 14.0. The molecule has 114 valence electrons. The summed E-state index contributed by atoms with van der Waals surface area (Å²) in [7, 11) is 3.24. The molecule has 0 radical (unpaired) electrons. The van der Waals surface area contributed by atoms with E-state index in [1.807, 2.05) is 30.3 Å². The van der Waals surface area contributed by atoms with E-state index in [0.717, 1.165) is 15.6 Å². The van der Waals surface area contributed by atoms with Crippen LogP contribution >= 0.6 is 15.9 Å². The molecular weight excluding hydrogens is 346 g/mol. The molecule has 0 saturated carbocycles. The second kappa shape index (κ2) is 6.40. The summed E-state index contributed by atoms with van der Waals surface area (Å²) in [6.45, 7) is 0.533. The van der Waals surface area contributed by atoms with Crippen LogP contribution in [0.4, 0.5) is 0 Å². The first kappa shape index (κ1) is 14.9. The molecule has 5 heteroatoms. The molecule has 1 atom stereocenters. The molecule has 0 spiro atoms. The Morgan fingerprint density at radius 2 is 1.91 bits per heavy atom. The summed E-state index contributed by atoms with van der Waals surface area (Å²) < 4.78 is 17.3. The van der Waals surface area contributed by atoms with Crippen molar-refractivity contribution in [3.63, 3.8) is 0 Å². The highest BCUT2D eigenvalue weighted by Gasteiger charge is 2.24. The molecule has 1 aliphatic heterocycles. The Labute approximate surface area is 137 Å². The Morgan fingerprint density at radius 1 is 1.14 bits per heavy atom. The van der Waals surface area contributed by atoms with Crippen LogP contribution in [-0.2, 0) is 4.74 Å². The third kappa shape index (κ3) is 2.81. The second-order valence-corrected chi connectivity index (χ2v) is 5.66. The monoisotopic (exact) mass is 361 g/mol. The lowest BCUT2D eigenvalue weighted by Gasteiger charge is -2.11. The molecule has 22 heavy (non-hydrogen) atoms. The van der Waals surface area contributed by atoms with E-state index in [0.29, 0.717) is 24.0 Å². The van der Waals surface area contributed by atoms with E-state index in [2.05, 4.69) is 28.1 Å². The molecular formula is C17H16BrNO3. The molecule has 0 unspecified atom stereocenters. The minimum atomic E-state index is 0.0142. The Balaban J connectivity index is 1.98. The summed E-state index contributed by atoms with van der Waals surface area (Å²) in [5.74, 6) is 1.98. The number of halogens is 1. The van der Waals surface area contributed by atoms with Crippen molar-refractivity contribution in [2.45, 2.75) is 6.04 Å². The van der Waals surface area contributed by atoms with Crippen LogP contribution in [0.1, 0.15) is 17.2 Å². The largest absolute Gasteiger partial charge is 0.497 e. The Kier molecular flexibility index (Phi) is 4.34. The zero-order chi connectivity index (χ0) is 15.5. The maximum absolute atomic E-state index is 5.79. The first-order valence-corrected chi connectivity index (χ1v) is 7.69. The van der Waals surface area contributed by atoms with Gasteiger partial charge in [0.05, 0.1) is 24.3 Å². The normalized spacial score (nSPS) is 16.9. The third-order valence-electron chi connectivity index (χ3n) is 3.53. The van der Waals surface area contributed by atoms with Gasteiger partial charge in [-0.15, -0.1) is 0 Å². The molecule has 1 aliphatic rings. The maximum Gasteiger partial charge on any atom is 0.218 e. The van der Waals surface area contributed by atoms with E-state index in [9.17, 15) is 0 Å². The van der Waals surface area contributed by atoms with Gasteiger partial charge in [0.25, 0.3) is 0 Å². The number of hydrogen-bond donors (Lipinski definition) is 0. The number of ether oxygens (including phenoxy) is 3. The first-order valence-electron chi connectivity index (χ1n) is 6.90. The van der Waals surface area contributed by atoms with E-state index in [-0.39, 0.29) is 6.04 Å². The van der Waals surface area contributed by atoms with Gasteiger partial charge in [-0.2, -0.15) is 0 Å². The first-order chi connectivity index (χ1) is 10.7. The lowest BCUT2D eigenvalue weighted by molar-refractivity contribution is 0.319. The molecule has 0 amide bonds. The fraction of sp³-hybridized carbons (Fsp3) is 0.235. The average molecular weight is 362 g/mol. The molecule has 0 aliphatic carbocycles. The zero-order valence-electron chi connectivity index (χ0n) is 12.4. The fourth-order valence-electron chi connectivity index (χ4n) is 2.36. The van der Waals surface area contributed by atoms with Crippen LogP contribution in [0.2, 0.25) is 0 Å². The lowest BCUT2D eigenvalue weighted by Crippen LogP contribution is -2.04. The van der Waals surface area contributed by atoms with Gasteiger partial charge in [-0.25, -0.2) is 4.99 Å². The van der Waals surface area contributed by atoms with Gasteiger partial charge in [0.1, 0.15) is 24.1 Å². The van der Waals surface area contributed by atoms with Gasteiger partial charge < -0.3 is 14.2 Å². The van der Waals surface area contributed by atoms with Gasteiger partial charge in [-0.3, -0.25) is 0 Å². The topological polar surface area (TPSA) is 40.0 Å². The molecule has 4 nitrogen and oxygen atoms in total. The standard InChI is InChI=1S/C17H16BrNO3/c1-20-12-8-13(16(18)15(9-12)21-2)17-19-14(10-22-17)11-6-4-3-5-7-11/h3-9,14H,10H2,1-2H3/t14-/m0/s1. The van der Waals surface area contributed by atoms with Gasteiger partial charge in [-0.05, 0) is 27.6 Å². The highest BCUT2D eigenvalue weighted by Crippen LogP contribution is 2.36. The predicted molar refractivity (Wildman–Crippen MR) is 88.9 cm³/mol. The molecule has 0 fully saturated rings. The van der Waals surface area contributed by atoms with Gasteiger partial charge >= 0.3 is 0 Å². The van der Waals surface area contributed by atoms with E-state index >= 15 is 0 Å². The number of aliphatic imine (C=N–C) groups is 1. The molecule has 2 aromatic rings.